The Kier molecular flexibility index (Phi) is 6.37. The number of ether oxygens (including phenoxy) is 1. The SMILES string of the molecule is CC(C)CN1CCOC(CNC(=O)c2cccc(S(C)(=O)=O)c2)C1. The first-order valence-corrected chi connectivity index (χ1v) is 10.1. The van der Waals surface area contributed by atoms with Crippen molar-refractivity contribution in [1.82, 2.24) is 10.2 Å². The largest absolute Gasteiger partial charge is 0.374 e. The predicted molar refractivity (Wildman–Crippen MR) is 92.9 cm³/mol. The smallest absolute Gasteiger partial charge is 0.251 e. The number of rotatable bonds is 6. The Morgan fingerprint density at radius 2 is 2.17 bits per heavy atom. The zero-order valence-corrected chi connectivity index (χ0v) is 15.3. The summed E-state index contributed by atoms with van der Waals surface area (Å²) in [4.78, 5) is 14.7. The minimum absolute atomic E-state index is 0.0421. The summed E-state index contributed by atoms with van der Waals surface area (Å²) in [6.07, 6.45) is 1.09. The molecule has 1 aliphatic rings. The predicted octanol–water partition coefficient (Wildman–Crippen LogP) is 1.18. The van der Waals surface area contributed by atoms with Crippen LogP contribution in [0, 0.1) is 5.92 Å². The zero-order chi connectivity index (χ0) is 17.7. The molecule has 0 saturated carbocycles. The molecular formula is C17H26N2O4S. The van der Waals surface area contributed by atoms with Gasteiger partial charge in [0.1, 0.15) is 0 Å². The highest BCUT2D eigenvalue weighted by atomic mass is 32.2. The molecule has 1 aromatic carbocycles. The van der Waals surface area contributed by atoms with Crippen molar-refractivity contribution in [3.63, 3.8) is 0 Å². The molecule has 24 heavy (non-hydrogen) atoms. The van der Waals surface area contributed by atoms with E-state index in [1.807, 2.05) is 0 Å². The van der Waals surface area contributed by atoms with Crippen LogP contribution in [0.3, 0.4) is 0 Å². The van der Waals surface area contributed by atoms with Gasteiger partial charge in [-0.15, -0.1) is 0 Å². The van der Waals surface area contributed by atoms with Crippen molar-refractivity contribution in [2.24, 2.45) is 5.92 Å². The number of nitrogens with one attached hydrogen (secondary N) is 1. The van der Waals surface area contributed by atoms with Gasteiger partial charge in [-0.1, -0.05) is 19.9 Å². The quantitative estimate of drug-likeness (QED) is 0.830. The van der Waals surface area contributed by atoms with E-state index < -0.39 is 9.84 Å². The first-order valence-electron chi connectivity index (χ1n) is 8.18. The van der Waals surface area contributed by atoms with E-state index >= 15 is 0 Å². The van der Waals surface area contributed by atoms with Crippen LogP contribution >= 0.6 is 0 Å². The summed E-state index contributed by atoms with van der Waals surface area (Å²) in [5.74, 6) is 0.308. The van der Waals surface area contributed by atoms with Gasteiger partial charge < -0.3 is 10.1 Å². The second-order valence-corrected chi connectivity index (χ2v) is 8.67. The van der Waals surface area contributed by atoms with Crippen LogP contribution in [0.5, 0.6) is 0 Å². The lowest BCUT2D eigenvalue weighted by Crippen LogP contribution is -2.48. The number of carbonyl (C=O) groups is 1. The minimum Gasteiger partial charge on any atom is -0.374 e. The summed E-state index contributed by atoms with van der Waals surface area (Å²) >= 11 is 0. The maximum Gasteiger partial charge on any atom is 0.251 e. The molecule has 0 bridgehead atoms. The number of hydrogen-bond donors (Lipinski definition) is 1. The van der Waals surface area contributed by atoms with Crippen molar-refractivity contribution < 1.29 is 17.9 Å². The molecule has 0 spiro atoms. The minimum atomic E-state index is -3.32. The Morgan fingerprint density at radius 1 is 1.42 bits per heavy atom. The van der Waals surface area contributed by atoms with Gasteiger partial charge in [-0.05, 0) is 24.1 Å². The molecule has 6 nitrogen and oxygen atoms in total. The highest BCUT2D eigenvalue weighted by molar-refractivity contribution is 7.90. The molecule has 1 N–H and O–H groups in total. The molecule has 0 aliphatic carbocycles. The normalized spacial score (nSPS) is 19.4. The van der Waals surface area contributed by atoms with Crippen molar-refractivity contribution in [1.29, 1.82) is 0 Å². The van der Waals surface area contributed by atoms with Crippen LogP contribution in [0.15, 0.2) is 29.2 Å². The Bertz CT molecular complexity index is 673. The van der Waals surface area contributed by atoms with Gasteiger partial charge in [-0.3, -0.25) is 9.69 Å². The molecule has 1 fully saturated rings. The summed E-state index contributed by atoms with van der Waals surface area (Å²) in [5, 5.41) is 2.84. The maximum atomic E-state index is 12.3. The molecule has 0 aromatic heterocycles. The van der Waals surface area contributed by atoms with Crippen LogP contribution in [0.25, 0.3) is 0 Å². The number of carbonyl (C=O) groups excluding carboxylic acids is 1. The fraction of sp³-hybridized carbons (Fsp3) is 0.588. The van der Waals surface area contributed by atoms with E-state index in [1.165, 1.54) is 12.1 Å². The van der Waals surface area contributed by atoms with E-state index in [9.17, 15) is 13.2 Å². The van der Waals surface area contributed by atoms with Gasteiger partial charge in [0.05, 0.1) is 17.6 Å². The molecule has 134 valence electrons. The van der Waals surface area contributed by atoms with Crippen LogP contribution < -0.4 is 5.32 Å². The Labute approximate surface area is 144 Å². The molecule has 1 aromatic rings. The number of morpholine rings is 1. The fourth-order valence-corrected chi connectivity index (χ4v) is 3.43. The van der Waals surface area contributed by atoms with E-state index in [4.69, 9.17) is 4.74 Å². The number of hydrogen-bond acceptors (Lipinski definition) is 5. The van der Waals surface area contributed by atoms with E-state index in [0.717, 1.165) is 25.9 Å². The fourth-order valence-electron chi connectivity index (χ4n) is 2.76. The van der Waals surface area contributed by atoms with Gasteiger partial charge in [-0.2, -0.15) is 0 Å². The van der Waals surface area contributed by atoms with Gasteiger partial charge in [0.2, 0.25) is 0 Å². The lowest BCUT2D eigenvalue weighted by molar-refractivity contribution is -0.0295. The van der Waals surface area contributed by atoms with Crippen molar-refractivity contribution in [3.05, 3.63) is 29.8 Å². The topological polar surface area (TPSA) is 75.7 Å². The second kappa shape index (κ2) is 8.09. The maximum absolute atomic E-state index is 12.3. The van der Waals surface area contributed by atoms with Gasteiger partial charge in [0.15, 0.2) is 9.84 Å². The molecule has 1 unspecified atom stereocenters. The summed E-state index contributed by atoms with van der Waals surface area (Å²) in [6.45, 7) is 8.17. The molecule has 2 rings (SSSR count). The number of amides is 1. The second-order valence-electron chi connectivity index (χ2n) is 6.66. The standard InChI is InChI=1S/C17H26N2O4S/c1-13(2)11-19-7-8-23-15(12-19)10-18-17(20)14-5-4-6-16(9-14)24(3,21)22/h4-6,9,13,15H,7-8,10-12H2,1-3H3,(H,18,20). The first kappa shape index (κ1) is 18.9. The average Bonchev–Trinajstić information content (AvgIpc) is 2.51. The van der Waals surface area contributed by atoms with Crippen LogP contribution in [0.2, 0.25) is 0 Å². The van der Waals surface area contributed by atoms with E-state index in [0.29, 0.717) is 24.6 Å². The van der Waals surface area contributed by atoms with Crippen molar-refractivity contribution in [2.45, 2.75) is 24.8 Å². The Balaban J connectivity index is 1.91. The highest BCUT2D eigenvalue weighted by Crippen LogP contribution is 2.12. The Hall–Kier alpha value is -1.44. The lowest BCUT2D eigenvalue weighted by Gasteiger charge is -2.33. The molecule has 1 saturated heterocycles. The van der Waals surface area contributed by atoms with Crippen LogP contribution in [0.4, 0.5) is 0 Å². The summed E-state index contributed by atoms with van der Waals surface area (Å²) in [5.41, 5.74) is 0.341. The number of sulfone groups is 1. The molecule has 1 aliphatic heterocycles. The zero-order valence-electron chi connectivity index (χ0n) is 14.5. The first-order chi connectivity index (χ1) is 11.3. The third-order valence-electron chi connectivity index (χ3n) is 3.86. The lowest BCUT2D eigenvalue weighted by atomic mass is 10.1. The number of nitrogens with zero attached hydrogens (tertiary/aromatic N) is 1. The molecule has 1 atom stereocenters. The van der Waals surface area contributed by atoms with Crippen LogP contribution in [-0.2, 0) is 14.6 Å². The van der Waals surface area contributed by atoms with Gasteiger partial charge in [-0.25, -0.2) is 8.42 Å². The number of benzene rings is 1. The van der Waals surface area contributed by atoms with Gasteiger partial charge in [0, 0.05) is 38.0 Å². The van der Waals surface area contributed by atoms with E-state index in [-0.39, 0.29) is 16.9 Å². The molecule has 0 radical (unpaired) electrons. The third kappa shape index (κ3) is 5.58. The monoisotopic (exact) mass is 354 g/mol. The van der Waals surface area contributed by atoms with Crippen molar-refractivity contribution in [2.75, 3.05) is 39.0 Å². The van der Waals surface area contributed by atoms with Crippen LogP contribution in [0.1, 0.15) is 24.2 Å². The highest BCUT2D eigenvalue weighted by Gasteiger charge is 2.21. The average molecular weight is 354 g/mol. The van der Waals surface area contributed by atoms with Crippen LogP contribution in [-0.4, -0.2) is 64.4 Å². The van der Waals surface area contributed by atoms with Gasteiger partial charge in [0.25, 0.3) is 5.91 Å². The van der Waals surface area contributed by atoms with Crippen molar-refractivity contribution in [3.8, 4) is 0 Å². The molecule has 1 heterocycles. The molecule has 7 heteroatoms. The van der Waals surface area contributed by atoms with Crippen molar-refractivity contribution >= 4 is 15.7 Å². The summed E-state index contributed by atoms with van der Waals surface area (Å²) in [7, 11) is -3.32. The summed E-state index contributed by atoms with van der Waals surface area (Å²) < 4.78 is 28.9. The Morgan fingerprint density at radius 3 is 2.83 bits per heavy atom. The molecule has 1 amide bonds. The molecular weight excluding hydrogens is 328 g/mol. The third-order valence-corrected chi connectivity index (χ3v) is 4.97. The summed E-state index contributed by atoms with van der Waals surface area (Å²) in [6, 6.07) is 6.07. The van der Waals surface area contributed by atoms with E-state index in [2.05, 4.69) is 24.1 Å². The van der Waals surface area contributed by atoms with Gasteiger partial charge >= 0.3 is 0 Å². The van der Waals surface area contributed by atoms with E-state index in [1.54, 1.807) is 12.1 Å².